The third-order valence-corrected chi connectivity index (χ3v) is 5.19. The number of hydrogen-bond acceptors (Lipinski definition) is 3. The van der Waals surface area contributed by atoms with Gasteiger partial charge in [0.1, 0.15) is 5.75 Å². The molecule has 0 spiro atoms. The van der Waals surface area contributed by atoms with Crippen LogP contribution in [-0.4, -0.2) is 25.6 Å². The minimum Gasteiger partial charge on any atom is -0.494 e. The number of carbonyl (C=O) groups excluding carboxylic acids is 1. The van der Waals surface area contributed by atoms with E-state index in [1.54, 1.807) is 0 Å². The summed E-state index contributed by atoms with van der Waals surface area (Å²) in [5.74, 6) is 2.54. The molecule has 1 saturated carbocycles. The molecule has 1 heterocycles. The van der Waals surface area contributed by atoms with Crippen molar-refractivity contribution < 1.29 is 9.53 Å². The van der Waals surface area contributed by atoms with E-state index < -0.39 is 0 Å². The van der Waals surface area contributed by atoms with Crippen LogP contribution in [0.3, 0.4) is 0 Å². The molecule has 1 unspecified atom stereocenters. The van der Waals surface area contributed by atoms with Crippen LogP contribution in [0.1, 0.15) is 32.1 Å². The van der Waals surface area contributed by atoms with Crippen LogP contribution in [0, 0.1) is 17.8 Å². The van der Waals surface area contributed by atoms with Crippen LogP contribution < -0.4 is 15.4 Å². The monoisotopic (exact) mass is 328 g/mol. The highest BCUT2D eigenvalue weighted by molar-refractivity contribution is 5.81. The number of para-hydroxylation sites is 1. The van der Waals surface area contributed by atoms with Crippen molar-refractivity contribution in [1.82, 2.24) is 10.6 Å². The Labute approximate surface area is 144 Å². The van der Waals surface area contributed by atoms with Gasteiger partial charge in [0.25, 0.3) is 0 Å². The Morgan fingerprint density at radius 2 is 1.88 bits per heavy atom. The van der Waals surface area contributed by atoms with E-state index in [2.05, 4.69) is 10.6 Å². The minimum atomic E-state index is 0.0106. The molecule has 2 N–H and O–H groups in total. The Morgan fingerprint density at radius 3 is 2.58 bits per heavy atom. The molecule has 1 aromatic rings. The van der Waals surface area contributed by atoms with Crippen molar-refractivity contribution in [2.24, 2.45) is 17.8 Å². The predicted octanol–water partition coefficient (Wildman–Crippen LogP) is 3.11. The first-order chi connectivity index (χ1) is 11.8. The SMILES string of the molecule is O=C(NCC1CCC(CCOc2ccccc2)CC1)C1C=CNC1. The molecule has 1 aliphatic heterocycles. The second-order valence-electron chi connectivity index (χ2n) is 6.96. The number of hydrogen-bond donors (Lipinski definition) is 2. The average molecular weight is 328 g/mol. The first-order valence-corrected chi connectivity index (χ1v) is 9.17. The molecule has 1 aromatic carbocycles. The Bertz CT molecular complexity index is 536. The van der Waals surface area contributed by atoms with Gasteiger partial charge >= 0.3 is 0 Å². The zero-order chi connectivity index (χ0) is 16.6. The maximum Gasteiger partial charge on any atom is 0.228 e. The smallest absolute Gasteiger partial charge is 0.228 e. The summed E-state index contributed by atoms with van der Waals surface area (Å²) >= 11 is 0. The molecule has 1 fully saturated rings. The van der Waals surface area contributed by atoms with Crippen LogP contribution in [0.25, 0.3) is 0 Å². The number of amides is 1. The Hall–Kier alpha value is -1.97. The van der Waals surface area contributed by atoms with Gasteiger partial charge in [-0.05, 0) is 62.3 Å². The number of benzene rings is 1. The molecule has 1 atom stereocenters. The van der Waals surface area contributed by atoms with E-state index in [0.29, 0.717) is 5.92 Å². The van der Waals surface area contributed by atoms with Gasteiger partial charge in [-0.15, -0.1) is 0 Å². The molecular formula is C20H28N2O2. The molecule has 3 rings (SSSR count). The van der Waals surface area contributed by atoms with E-state index in [9.17, 15) is 4.79 Å². The van der Waals surface area contributed by atoms with Crippen molar-refractivity contribution in [3.05, 3.63) is 42.6 Å². The molecule has 130 valence electrons. The summed E-state index contributed by atoms with van der Waals surface area (Å²) in [5, 5.41) is 6.19. The van der Waals surface area contributed by atoms with E-state index >= 15 is 0 Å². The number of nitrogens with one attached hydrogen (secondary N) is 2. The summed E-state index contributed by atoms with van der Waals surface area (Å²) in [4.78, 5) is 12.0. The summed E-state index contributed by atoms with van der Waals surface area (Å²) < 4.78 is 5.80. The van der Waals surface area contributed by atoms with Crippen molar-refractivity contribution in [3.8, 4) is 5.75 Å². The van der Waals surface area contributed by atoms with Crippen LogP contribution in [-0.2, 0) is 4.79 Å². The highest BCUT2D eigenvalue weighted by Crippen LogP contribution is 2.30. The van der Waals surface area contributed by atoms with Gasteiger partial charge in [0, 0.05) is 13.1 Å². The van der Waals surface area contributed by atoms with Crippen LogP contribution in [0.15, 0.2) is 42.6 Å². The molecule has 0 bridgehead atoms. The van der Waals surface area contributed by atoms with Crippen LogP contribution in [0.5, 0.6) is 5.75 Å². The topological polar surface area (TPSA) is 50.4 Å². The second kappa shape index (κ2) is 8.76. The Morgan fingerprint density at radius 1 is 1.12 bits per heavy atom. The average Bonchev–Trinajstić information content (AvgIpc) is 3.16. The van der Waals surface area contributed by atoms with Crippen molar-refractivity contribution >= 4 is 5.91 Å². The maximum atomic E-state index is 12.0. The van der Waals surface area contributed by atoms with E-state index in [0.717, 1.165) is 37.8 Å². The quantitative estimate of drug-likeness (QED) is 0.808. The molecule has 4 heteroatoms. The van der Waals surface area contributed by atoms with Gasteiger partial charge in [-0.3, -0.25) is 4.79 Å². The fourth-order valence-corrected chi connectivity index (χ4v) is 3.59. The van der Waals surface area contributed by atoms with E-state index in [-0.39, 0.29) is 11.8 Å². The second-order valence-corrected chi connectivity index (χ2v) is 6.96. The van der Waals surface area contributed by atoms with E-state index in [1.165, 1.54) is 25.7 Å². The van der Waals surface area contributed by atoms with Gasteiger partial charge in [-0.1, -0.05) is 24.3 Å². The van der Waals surface area contributed by atoms with Gasteiger partial charge < -0.3 is 15.4 Å². The largest absolute Gasteiger partial charge is 0.494 e. The fraction of sp³-hybridized carbons (Fsp3) is 0.550. The van der Waals surface area contributed by atoms with E-state index in [4.69, 9.17) is 4.74 Å². The van der Waals surface area contributed by atoms with Crippen LogP contribution in [0.2, 0.25) is 0 Å². The van der Waals surface area contributed by atoms with Gasteiger partial charge in [0.15, 0.2) is 0 Å². The molecule has 2 aliphatic rings. The summed E-state index contributed by atoms with van der Waals surface area (Å²) in [6, 6.07) is 10.0. The molecule has 1 amide bonds. The van der Waals surface area contributed by atoms with Crippen molar-refractivity contribution in [2.45, 2.75) is 32.1 Å². The summed E-state index contributed by atoms with van der Waals surface area (Å²) in [5.41, 5.74) is 0. The lowest BCUT2D eigenvalue weighted by Crippen LogP contribution is -2.36. The summed E-state index contributed by atoms with van der Waals surface area (Å²) in [6.45, 7) is 2.37. The van der Waals surface area contributed by atoms with Gasteiger partial charge in [0.05, 0.1) is 12.5 Å². The third-order valence-electron chi connectivity index (χ3n) is 5.19. The van der Waals surface area contributed by atoms with Crippen LogP contribution >= 0.6 is 0 Å². The fourth-order valence-electron chi connectivity index (χ4n) is 3.59. The number of ether oxygens (including phenoxy) is 1. The zero-order valence-corrected chi connectivity index (χ0v) is 14.2. The van der Waals surface area contributed by atoms with E-state index in [1.807, 2.05) is 42.6 Å². The lowest BCUT2D eigenvalue weighted by Gasteiger charge is -2.28. The van der Waals surface area contributed by atoms with Gasteiger partial charge in [0.2, 0.25) is 5.91 Å². The molecule has 24 heavy (non-hydrogen) atoms. The highest BCUT2D eigenvalue weighted by atomic mass is 16.5. The highest BCUT2D eigenvalue weighted by Gasteiger charge is 2.23. The molecule has 0 aromatic heterocycles. The van der Waals surface area contributed by atoms with Gasteiger partial charge in [-0.25, -0.2) is 0 Å². The maximum absolute atomic E-state index is 12.0. The number of carbonyl (C=O) groups is 1. The first-order valence-electron chi connectivity index (χ1n) is 9.17. The third kappa shape index (κ3) is 5.02. The standard InChI is InChI=1S/C20H28N2O2/c23-20(18-10-12-21-15-18)22-14-17-8-6-16(7-9-17)11-13-24-19-4-2-1-3-5-19/h1-5,10,12,16-18,21H,6-9,11,13-15H2,(H,22,23). The summed E-state index contributed by atoms with van der Waals surface area (Å²) in [6.07, 6.45) is 9.88. The summed E-state index contributed by atoms with van der Waals surface area (Å²) in [7, 11) is 0. The molecule has 1 aliphatic carbocycles. The van der Waals surface area contributed by atoms with Crippen LogP contribution in [0.4, 0.5) is 0 Å². The Balaban J connectivity index is 1.28. The lowest BCUT2D eigenvalue weighted by molar-refractivity contribution is -0.123. The molecule has 0 saturated heterocycles. The minimum absolute atomic E-state index is 0.0106. The lowest BCUT2D eigenvalue weighted by atomic mass is 9.80. The van der Waals surface area contributed by atoms with Gasteiger partial charge in [-0.2, -0.15) is 0 Å². The van der Waals surface area contributed by atoms with Crippen molar-refractivity contribution in [1.29, 1.82) is 0 Å². The Kier molecular flexibility index (Phi) is 6.16. The first kappa shape index (κ1) is 16.9. The normalized spacial score (nSPS) is 25.9. The van der Waals surface area contributed by atoms with Crippen molar-refractivity contribution in [3.63, 3.8) is 0 Å². The van der Waals surface area contributed by atoms with Crippen molar-refractivity contribution in [2.75, 3.05) is 19.7 Å². The molecular weight excluding hydrogens is 300 g/mol. The predicted molar refractivity (Wildman–Crippen MR) is 95.6 cm³/mol. The number of rotatable bonds is 7. The zero-order valence-electron chi connectivity index (χ0n) is 14.2. The molecule has 0 radical (unpaired) electrons. The molecule has 4 nitrogen and oxygen atoms in total.